The van der Waals surface area contributed by atoms with Gasteiger partial charge >= 0.3 is 0 Å². The van der Waals surface area contributed by atoms with Gasteiger partial charge in [0.1, 0.15) is 11.6 Å². The quantitative estimate of drug-likeness (QED) is 0.940. The number of aryl methyl sites for hydroxylation is 1. The van der Waals surface area contributed by atoms with Crippen molar-refractivity contribution in [2.24, 2.45) is 0 Å². The summed E-state index contributed by atoms with van der Waals surface area (Å²) in [5.74, 6) is -1.49. The molecule has 1 aliphatic heterocycles. The highest BCUT2D eigenvalue weighted by Crippen LogP contribution is 2.34. The zero-order valence-corrected chi connectivity index (χ0v) is 13.0. The number of halogens is 2. The molecule has 1 N–H and O–H groups in total. The number of anilines is 1. The smallest absolute Gasteiger partial charge is 0.261 e. The molecule has 0 spiro atoms. The lowest BCUT2D eigenvalue weighted by atomic mass is 10.1. The summed E-state index contributed by atoms with van der Waals surface area (Å²) in [7, 11) is 2.02. The Morgan fingerprint density at radius 1 is 1.27 bits per heavy atom. The van der Waals surface area contributed by atoms with Crippen LogP contribution in [0.15, 0.2) is 24.3 Å². The number of benzene rings is 1. The molecule has 0 fully saturated rings. The molecule has 0 bridgehead atoms. The average molecular weight is 322 g/mol. The summed E-state index contributed by atoms with van der Waals surface area (Å²) in [5.41, 5.74) is 1.60. The lowest BCUT2D eigenvalue weighted by Gasteiger charge is -2.23. The van der Waals surface area contributed by atoms with Crippen molar-refractivity contribution in [1.82, 2.24) is 5.32 Å². The van der Waals surface area contributed by atoms with Crippen LogP contribution in [-0.2, 0) is 13.0 Å². The Bertz CT molecular complexity index is 694. The monoisotopic (exact) mass is 322 g/mol. The molecule has 1 amide bonds. The first kappa shape index (κ1) is 15.0. The molecule has 0 atom stereocenters. The van der Waals surface area contributed by atoms with E-state index < -0.39 is 11.6 Å². The lowest BCUT2D eigenvalue weighted by Crippen LogP contribution is -2.22. The van der Waals surface area contributed by atoms with Gasteiger partial charge in [-0.1, -0.05) is 0 Å². The summed E-state index contributed by atoms with van der Waals surface area (Å²) in [6.07, 6.45) is 2.07. The normalized spacial score (nSPS) is 13.9. The fourth-order valence-electron chi connectivity index (χ4n) is 2.62. The minimum Gasteiger partial charge on any atom is -0.366 e. The number of nitrogens with zero attached hydrogens (tertiary/aromatic N) is 1. The SMILES string of the molecule is CN1CCCc2cc(C(=O)NCc3cc(F)cc(F)c3)sc21. The molecule has 2 heterocycles. The summed E-state index contributed by atoms with van der Waals surface area (Å²) in [4.78, 5) is 15.0. The average Bonchev–Trinajstić information content (AvgIpc) is 2.89. The fraction of sp³-hybridized carbons (Fsp3) is 0.312. The van der Waals surface area contributed by atoms with Crippen molar-refractivity contribution < 1.29 is 13.6 Å². The van der Waals surface area contributed by atoms with E-state index in [2.05, 4.69) is 10.2 Å². The second-order valence-corrected chi connectivity index (χ2v) is 6.46. The zero-order chi connectivity index (χ0) is 15.7. The molecule has 116 valence electrons. The Kier molecular flexibility index (Phi) is 4.11. The van der Waals surface area contributed by atoms with Gasteiger partial charge in [-0.25, -0.2) is 8.78 Å². The van der Waals surface area contributed by atoms with E-state index in [0.717, 1.165) is 30.5 Å². The van der Waals surface area contributed by atoms with Gasteiger partial charge in [-0.3, -0.25) is 4.79 Å². The van der Waals surface area contributed by atoms with Crippen LogP contribution in [0.25, 0.3) is 0 Å². The first-order valence-corrected chi connectivity index (χ1v) is 7.91. The highest BCUT2D eigenvalue weighted by atomic mass is 32.1. The van der Waals surface area contributed by atoms with E-state index in [1.807, 2.05) is 13.1 Å². The summed E-state index contributed by atoms with van der Waals surface area (Å²) in [5, 5.41) is 3.85. The second-order valence-electron chi connectivity index (χ2n) is 5.43. The van der Waals surface area contributed by atoms with Gasteiger partial charge in [-0.05, 0) is 42.2 Å². The van der Waals surface area contributed by atoms with Crippen LogP contribution in [0.3, 0.4) is 0 Å². The molecule has 0 unspecified atom stereocenters. The van der Waals surface area contributed by atoms with Crippen LogP contribution >= 0.6 is 11.3 Å². The van der Waals surface area contributed by atoms with Gasteiger partial charge in [0.2, 0.25) is 0 Å². The van der Waals surface area contributed by atoms with Crippen molar-refractivity contribution >= 4 is 22.2 Å². The van der Waals surface area contributed by atoms with Gasteiger partial charge in [0, 0.05) is 26.2 Å². The summed E-state index contributed by atoms with van der Waals surface area (Å²) >= 11 is 1.46. The fourth-order valence-corrected chi connectivity index (χ4v) is 3.74. The second kappa shape index (κ2) is 6.04. The lowest BCUT2D eigenvalue weighted by molar-refractivity contribution is 0.0955. The first-order valence-electron chi connectivity index (χ1n) is 7.10. The highest BCUT2D eigenvalue weighted by molar-refractivity contribution is 7.18. The largest absolute Gasteiger partial charge is 0.366 e. The van der Waals surface area contributed by atoms with Crippen molar-refractivity contribution in [2.45, 2.75) is 19.4 Å². The Morgan fingerprint density at radius 2 is 2.00 bits per heavy atom. The van der Waals surface area contributed by atoms with Crippen LogP contribution in [0.5, 0.6) is 0 Å². The highest BCUT2D eigenvalue weighted by Gasteiger charge is 2.20. The standard InChI is InChI=1S/C16H16F2N2OS/c1-20-4-2-3-11-7-14(22-16(11)20)15(21)19-9-10-5-12(17)8-13(18)6-10/h5-8H,2-4,9H2,1H3,(H,19,21). The summed E-state index contributed by atoms with van der Waals surface area (Å²) in [6.45, 7) is 1.10. The number of hydrogen-bond donors (Lipinski definition) is 1. The van der Waals surface area contributed by atoms with E-state index in [1.54, 1.807) is 0 Å². The van der Waals surface area contributed by atoms with Crippen molar-refractivity contribution in [3.05, 3.63) is 51.9 Å². The number of amides is 1. The Labute approximate surface area is 131 Å². The molecule has 0 radical (unpaired) electrons. The van der Waals surface area contributed by atoms with E-state index in [0.29, 0.717) is 10.4 Å². The van der Waals surface area contributed by atoms with Crippen LogP contribution in [0.1, 0.15) is 27.2 Å². The molecule has 1 aliphatic rings. The molecule has 3 rings (SSSR count). The van der Waals surface area contributed by atoms with Crippen LogP contribution in [0, 0.1) is 11.6 Å². The summed E-state index contributed by atoms with van der Waals surface area (Å²) in [6, 6.07) is 5.17. The van der Waals surface area contributed by atoms with E-state index in [4.69, 9.17) is 0 Å². The topological polar surface area (TPSA) is 32.3 Å². The maximum Gasteiger partial charge on any atom is 0.261 e. The van der Waals surface area contributed by atoms with Gasteiger partial charge in [0.25, 0.3) is 5.91 Å². The van der Waals surface area contributed by atoms with Gasteiger partial charge in [0.15, 0.2) is 0 Å². The van der Waals surface area contributed by atoms with Crippen LogP contribution in [0.4, 0.5) is 13.8 Å². The van der Waals surface area contributed by atoms with Crippen molar-refractivity contribution in [1.29, 1.82) is 0 Å². The van der Waals surface area contributed by atoms with Gasteiger partial charge in [0.05, 0.1) is 9.88 Å². The zero-order valence-electron chi connectivity index (χ0n) is 12.2. The van der Waals surface area contributed by atoms with E-state index in [-0.39, 0.29) is 12.5 Å². The molecular formula is C16H16F2N2OS. The van der Waals surface area contributed by atoms with Crippen LogP contribution in [0.2, 0.25) is 0 Å². The number of carbonyl (C=O) groups is 1. The molecular weight excluding hydrogens is 306 g/mol. The van der Waals surface area contributed by atoms with Crippen molar-refractivity contribution in [3.8, 4) is 0 Å². The number of rotatable bonds is 3. The third-order valence-corrected chi connectivity index (χ3v) is 4.96. The molecule has 0 saturated carbocycles. The van der Waals surface area contributed by atoms with Gasteiger partial charge in [-0.15, -0.1) is 11.3 Å². The van der Waals surface area contributed by atoms with Crippen LogP contribution in [-0.4, -0.2) is 19.5 Å². The van der Waals surface area contributed by atoms with E-state index in [9.17, 15) is 13.6 Å². The third-order valence-electron chi connectivity index (χ3n) is 3.67. The summed E-state index contributed by atoms with van der Waals surface area (Å²) < 4.78 is 26.2. The van der Waals surface area contributed by atoms with Crippen molar-refractivity contribution in [3.63, 3.8) is 0 Å². The number of carbonyl (C=O) groups excluding carboxylic acids is 1. The molecule has 1 aromatic heterocycles. The maximum atomic E-state index is 13.1. The Morgan fingerprint density at radius 3 is 2.68 bits per heavy atom. The molecule has 0 aliphatic carbocycles. The van der Waals surface area contributed by atoms with Crippen LogP contribution < -0.4 is 10.2 Å². The van der Waals surface area contributed by atoms with Gasteiger partial charge in [-0.2, -0.15) is 0 Å². The van der Waals surface area contributed by atoms with E-state index >= 15 is 0 Å². The predicted octanol–water partition coefficient (Wildman–Crippen LogP) is 3.34. The van der Waals surface area contributed by atoms with Gasteiger partial charge < -0.3 is 10.2 Å². The third kappa shape index (κ3) is 3.11. The van der Waals surface area contributed by atoms with E-state index in [1.165, 1.54) is 29.0 Å². The number of thiophene rings is 1. The minimum absolute atomic E-state index is 0.103. The number of hydrogen-bond acceptors (Lipinski definition) is 3. The number of nitrogens with one attached hydrogen (secondary N) is 1. The molecule has 6 heteroatoms. The molecule has 1 aromatic carbocycles. The maximum absolute atomic E-state index is 13.1. The Hall–Kier alpha value is -1.95. The minimum atomic E-state index is -0.641. The Balaban J connectivity index is 1.70. The molecule has 2 aromatic rings. The first-order chi connectivity index (χ1) is 10.5. The molecule has 0 saturated heterocycles. The molecule has 3 nitrogen and oxygen atoms in total. The predicted molar refractivity (Wildman–Crippen MR) is 83.4 cm³/mol. The van der Waals surface area contributed by atoms with Crippen molar-refractivity contribution in [2.75, 3.05) is 18.5 Å². The number of fused-ring (bicyclic) bond motifs is 1. The molecule has 22 heavy (non-hydrogen) atoms.